The summed E-state index contributed by atoms with van der Waals surface area (Å²) in [6.45, 7) is 0.449. The van der Waals surface area contributed by atoms with Crippen molar-refractivity contribution in [1.29, 1.82) is 0 Å². The number of amides is 2. The highest BCUT2D eigenvalue weighted by Crippen LogP contribution is 2.23. The fourth-order valence-corrected chi connectivity index (χ4v) is 3.55. The van der Waals surface area contributed by atoms with Gasteiger partial charge in [-0.2, -0.15) is 0 Å². The van der Waals surface area contributed by atoms with E-state index in [0.717, 1.165) is 8.66 Å². The average molecular weight is 402 g/mol. The molecule has 116 valence electrons. The molecule has 0 fully saturated rings. The van der Waals surface area contributed by atoms with Crippen LogP contribution in [0.15, 0.2) is 40.2 Å². The Labute approximate surface area is 146 Å². The molecule has 0 atom stereocenters. The Morgan fingerprint density at radius 2 is 2.00 bits per heavy atom. The Hall–Kier alpha value is -1.37. The molecule has 1 aromatic heterocycles. The first kappa shape index (κ1) is 17.0. The molecule has 1 heterocycles. The lowest BCUT2D eigenvalue weighted by Crippen LogP contribution is -2.37. The second kappa shape index (κ2) is 7.76. The Kier molecular flexibility index (Phi) is 5.99. The summed E-state index contributed by atoms with van der Waals surface area (Å²) in [6, 6.07) is 10.6. The van der Waals surface area contributed by atoms with Gasteiger partial charge >= 0.3 is 0 Å². The average Bonchev–Trinajstić information content (AvgIpc) is 2.90. The van der Waals surface area contributed by atoms with E-state index in [1.807, 2.05) is 12.1 Å². The number of carbonyl (C=O) groups excluding carboxylic acids is 2. The molecule has 2 aromatic rings. The van der Waals surface area contributed by atoms with E-state index >= 15 is 0 Å². The predicted molar refractivity (Wildman–Crippen MR) is 92.3 cm³/mol. The molecular formula is C15H14BrClN2O2S. The monoisotopic (exact) mass is 400 g/mol. The normalized spacial score (nSPS) is 10.3. The van der Waals surface area contributed by atoms with E-state index in [0.29, 0.717) is 17.1 Å². The predicted octanol–water partition coefficient (Wildman–Crippen LogP) is 3.55. The van der Waals surface area contributed by atoms with Crippen LogP contribution in [0.25, 0.3) is 0 Å². The van der Waals surface area contributed by atoms with E-state index < -0.39 is 0 Å². The van der Waals surface area contributed by atoms with Gasteiger partial charge in [-0.25, -0.2) is 0 Å². The summed E-state index contributed by atoms with van der Waals surface area (Å²) in [4.78, 5) is 26.7. The van der Waals surface area contributed by atoms with E-state index in [4.69, 9.17) is 11.6 Å². The highest BCUT2D eigenvalue weighted by molar-refractivity contribution is 9.11. The molecule has 0 saturated carbocycles. The van der Waals surface area contributed by atoms with Crippen molar-refractivity contribution in [3.63, 3.8) is 0 Å². The van der Waals surface area contributed by atoms with E-state index in [2.05, 4.69) is 21.2 Å². The Morgan fingerprint density at radius 3 is 2.64 bits per heavy atom. The number of nitrogens with zero attached hydrogens (tertiary/aromatic N) is 1. The first-order valence-corrected chi connectivity index (χ1v) is 8.47. The molecule has 0 spiro atoms. The number of nitrogens with one attached hydrogen (secondary N) is 1. The minimum absolute atomic E-state index is 0.0624. The molecule has 7 heteroatoms. The third-order valence-corrected chi connectivity index (χ3v) is 4.90. The number of thiophene rings is 1. The van der Waals surface area contributed by atoms with Gasteiger partial charge in [-0.1, -0.05) is 23.7 Å². The first-order valence-electron chi connectivity index (χ1n) is 6.48. The quantitative estimate of drug-likeness (QED) is 0.833. The maximum Gasteiger partial charge on any atom is 0.253 e. The number of benzene rings is 1. The lowest BCUT2D eigenvalue weighted by molar-refractivity contribution is -0.129. The van der Waals surface area contributed by atoms with Gasteiger partial charge in [0.15, 0.2) is 0 Å². The van der Waals surface area contributed by atoms with Crippen LogP contribution in [0.2, 0.25) is 5.02 Å². The van der Waals surface area contributed by atoms with E-state index in [1.54, 1.807) is 47.5 Å². The largest absolute Gasteiger partial charge is 0.343 e. The van der Waals surface area contributed by atoms with Crippen molar-refractivity contribution in [3.8, 4) is 0 Å². The zero-order valence-electron chi connectivity index (χ0n) is 11.8. The molecule has 0 bridgehead atoms. The van der Waals surface area contributed by atoms with Gasteiger partial charge in [-0.05, 0) is 40.2 Å². The van der Waals surface area contributed by atoms with Gasteiger partial charge in [0.2, 0.25) is 5.91 Å². The first-order chi connectivity index (χ1) is 10.5. The number of rotatable bonds is 5. The summed E-state index contributed by atoms with van der Waals surface area (Å²) >= 11 is 10.9. The zero-order valence-corrected chi connectivity index (χ0v) is 15.0. The van der Waals surface area contributed by atoms with Crippen molar-refractivity contribution in [3.05, 3.63) is 55.6 Å². The standard InChI is InChI=1S/C15H14BrClN2O2S/c1-19(9-10-6-7-13(16)22-10)14(20)8-18-15(21)11-4-2-3-5-12(11)17/h2-7H,8-9H2,1H3,(H,18,21). The van der Waals surface area contributed by atoms with E-state index in [-0.39, 0.29) is 18.4 Å². The van der Waals surface area contributed by atoms with Gasteiger partial charge in [0.05, 0.1) is 27.5 Å². The summed E-state index contributed by atoms with van der Waals surface area (Å²) in [7, 11) is 1.71. The third kappa shape index (κ3) is 4.56. The van der Waals surface area contributed by atoms with Crippen molar-refractivity contribution in [2.45, 2.75) is 6.54 Å². The van der Waals surface area contributed by atoms with Gasteiger partial charge in [-0.15, -0.1) is 11.3 Å². The van der Waals surface area contributed by atoms with Crippen LogP contribution < -0.4 is 5.32 Å². The lowest BCUT2D eigenvalue weighted by Gasteiger charge is -2.16. The van der Waals surface area contributed by atoms with Crippen molar-refractivity contribution in [2.24, 2.45) is 0 Å². The van der Waals surface area contributed by atoms with Gasteiger partial charge in [0.25, 0.3) is 5.91 Å². The Balaban J connectivity index is 1.87. The number of likely N-dealkylation sites (N-methyl/N-ethyl adjacent to an activating group) is 1. The zero-order chi connectivity index (χ0) is 16.1. The second-order valence-electron chi connectivity index (χ2n) is 4.62. The van der Waals surface area contributed by atoms with Crippen molar-refractivity contribution >= 4 is 50.7 Å². The summed E-state index contributed by atoms with van der Waals surface area (Å²) in [6.07, 6.45) is 0. The lowest BCUT2D eigenvalue weighted by atomic mass is 10.2. The van der Waals surface area contributed by atoms with Crippen molar-refractivity contribution in [2.75, 3.05) is 13.6 Å². The number of hydrogen-bond donors (Lipinski definition) is 1. The summed E-state index contributed by atoms with van der Waals surface area (Å²) < 4.78 is 1.02. The summed E-state index contributed by atoms with van der Waals surface area (Å²) in [5, 5.41) is 2.96. The minimum atomic E-state index is -0.355. The van der Waals surface area contributed by atoms with Crippen LogP contribution in [-0.2, 0) is 11.3 Å². The second-order valence-corrected chi connectivity index (χ2v) is 7.57. The van der Waals surface area contributed by atoms with Crippen LogP contribution in [0.5, 0.6) is 0 Å². The van der Waals surface area contributed by atoms with Gasteiger partial charge in [0, 0.05) is 11.9 Å². The molecular weight excluding hydrogens is 388 g/mol. The van der Waals surface area contributed by atoms with Crippen LogP contribution in [0.3, 0.4) is 0 Å². The van der Waals surface area contributed by atoms with Crippen LogP contribution in [0.1, 0.15) is 15.2 Å². The Bertz CT molecular complexity index is 690. The fourth-order valence-electron chi connectivity index (χ4n) is 1.79. The maximum absolute atomic E-state index is 12.0. The van der Waals surface area contributed by atoms with E-state index in [1.165, 1.54) is 0 Å². The number of halogens is 2. The molecule has 0 unspecified atom stereocenters. The minimum Gasteiger partial charge on any atom is -0.343 e. The molecule has 22 heavy (non-hydrogen) atoms. The van der Waals surface area contributed by atoms with E-state index in [9.17, 15) is 9.59 Å². The smallest absolute Gasteiger partial charge is 0.253 e. The molecule has 0 saturated heterocycles. The molecule has 2 rings (SSSR count). The van der Waals surface area contributed by atoms with Crippen LogP contribution in [-0.4, -0.2) is 30.3 Å². The molecule has 4 nitrogen and oxygen atoms in total. The maximum atomic E-state index is 12.0. The summed E-state index contributed by atoms with van der Waals surface area (Å²) in [5.41, 5.74) is 0.363. The highest BCUT2D eigenvalue weighted by atomic mass is 79.9. The van der Waals surface area contributed by atoms with Crippen LogP contribution in [0, 0.1) is 0 Å². The topological polar surface area (TPSA) is 49.4 Å². The number of carbonyl (C=O) groups is 2. The van der Waals surface area contributed by atoms with Crippen LogP contribution in [0.4, 0.5) is 0 Å². The van der Waals surface area contributed by atoms with Crippen LogP contribution >= 0.6 is 38.9 Å². The fraction of sp³-hybridized carbons (Fsp3) is 0.200. The molecule has 0 aliphatic heterocycles. The SMILES string of the molecule is CN(Cc1ccc(Br)s1)C(=O)CNC(=O)c1ccccc1Cl. The third-order valence-electron chi connectivity index (χ3n) is 2.97. The highest BCUT2D eigenvalue weighted by Gasteiger charge is 2.14. The Morgan fingerprint density at radius 1 is 1.27 bits per heavy atom. The molecule has 1 N–H and O–H groups in total. The van der Waals surface area contributed by atoms with Gasteiger partial charge < -0.3 is 10.2 Å². The van der Waals surface area contributed by atoms with Crippen molar-refractivity contribution in [1.82, 2.24) is 10.2 Å². The summed E-state index contributed by atoms with van der Waals surface area (Å²) in [5.74, 6) is -0.517. The molecule has 0 aliphatic rings. The van der Waals surface area contributed by atoms with Gasteiger partial charge in [-0.3, -0.25) is 9.59 Å². The van der Waals surface area contributed by atoms with Crippen molar-refractivity contribution < 1.29 is 9.59 Å². The molecule has 1 aromatic carbocycles. The molecule has 0 aliphatic carbocycles. The number of hydrogen-bond acceptors (Lipinski definition) is 3. The van der Waals surface area contributed by atoms with Gasteiger partial charge in [0.1, 0.15) is 0 Å². The molecule has 2 amide bonds. The molecule has 0 radical (unpaired) electrons.